The number of halogens is 3. The van der Waals surface area contributed by atoms with E-state index in [0.717, 1.165) is 12.2 Å². The summed E-state index contributed by atoms with van der Waals surface area (Å²) < 4.78 is 36.5. The molecule has 1 aromatic rings. The molecule has 0 aromatic heterocycles. The highest BCUT2D eigenvalue weighted by Crippen LogP contribution is 2.37. The molecule has 5 heteroatoms. The molecule has 1 saturated carbocycles. The summed E-state index contributed by atoms with van der Waals surface area (Å²) in [4.78, 5) is 0.232. The zero-order chi connectivity index (χ0) is 13.7. The minimum absolute atomic E-state index is 0.0722. The fourth-order valence-corrected chi connectivity index (χ4v) is 2.97. The second-order valence-corrected chi connectivity index (χ2v) is 6.10. The fraction of sp³-hybridized carbons (Fsp3) is 0.571. The first-order valence-corrected chi connectivity index (χ1v) is 7.44. The summed E-state index contributed by atoms with van der Waals surface area (Å²) in [6, 6.07) is 6.47. The largest absolute Gasteiger partial charge is 0.446 e. The third-order valence-corrected chi connectivity index (χ3v) is 4.15. The van der Waals surface area contributed by atoms with Gasteiger partial charge in [0.2, 0.25) is 0 Å². The van der Waals surface area contributed by atoms with Gasteiger partial charge in [0.05, 0.1) is 0 Å². The van der Waals surface area contributed by atoms with Crippen molar-refractivity contribution in [2.45, 2.75) is 42.5 Å². The van der Waals surface area contributed by atoms with Gasteiger partial charge in [-0.05, 0) is 54.8 Å². The van der Waals surface area contributed by atoms with E-state index in [2.05, 4.69) is 5.32 Å². The highest BCUT2D eigenvalue weighted by molar-refractivity contribution is 8.00. The van der Waals surface area contributed by atoms with Crippen LogP contribution in [0.2, 0.25) is 0 Å². The third kappa shape index (κ3) is 5.35. The molecule has 1 N–H and O–H groups in total. The second kappa shape index (κ2) is 6.55. The Morgan fingerprint density at radius 2 is 1.68 bits per heavy atom. The summed E-state index contributed by atoms with van der Waals surface area (Å²) in [6.07, 6.45) is 6.45. The maximum atomic E-state index is 12.2. The minimum atomic E-state index is -4.21. The van der Waals surface area contributed by atoms with Gasteiger partial charge in [-0.1, -0.05) is 19.3 Å². The van der Waals surface area contributed by atoms with Gasteiger partial charge in [0, 0.05) is 17.1 Å². The predicted molar refractivity (Wildman–Crippen MR) is 73.4 cm³/mol. The third-order valence-electron chi connectivity index (χ3n) is 3.41. The van der Waals surface area contributed by atoms with Gasteiger partial charge in [-0.25, -0.2) is 0 Å². The Morgan fingerprint density at radius 1 is 1.05 bits per heavy atom. The van der Waals surface area contributed by atoms with Crippen LogP contribution in [-0.4, -0.2) is 12.1 Å². The van der Waals surface area contributed by atoms with E-state index in [4.69, 9.17) is 0 Å². The smallest absolute Gasteiger partial charge is 0.385 e. The fourth-order valence-electron chi connectivity index (χ4n) is 2.43. The number of rotatable bonds is 4. The van der Waals surface area contributed by atoms with Crippen molar-refractivity contribution in [2.24, 2.45) is 5.92 Å². The molecule has 2 rings (SSSR count). The van der Waals surface area contributed by atoms with Crippen molar-refractivity contribution >= 4 is 17.4 Å². The van der Waals surface area contributed by atoms with Gasteiger partial charge in [-0.2, -0.15) is 13.2 Å². The van der Waals surface area contributed by atoms with Crippen molar-refractivity contribution in [3.05, 3.63) is 24.3 Å². The Hall–Kier alpha value is -0.840. The monoisotopic (exact) mass is 289 g/mol. The lowest BCUT2D eigenvalue weighted by atomic mass is 9.89. The zero-order valence-corrected chi connectivity index (χ0v) is 11.5. The number of anilines is 1. The molecule has 0 saturated heterocycles. The van der Waals surface area contributed by atoms with Crippen molar-refractivity contribution in [3.8, 4) is 0 Å². The first-order valence-electron chi connectivity index (χ1n) is 6.62. The van der Waals surface area contributed by atoms with Crippen molar-refractivity contribution < 1.29 is 13.2 Å². The van der Waals surface area contributed by atoms with E-state index in [1.807, 2.05) is 0 Å². The first kappa shape index (κ1) is 14.6. The van der Waals surface area contributed by atoms with Crippen molar-refractivity contribution in [3.63, 3.8) is 0 Å². The van der Waals surface area contributed by atoms with Gasteiger partial charge in [0.1, 0.15) is 0 Å². The number of nitrogens with one attached hydrogen (secondary N) is 1. The van der Waals surface area contributed by atoms with Crippen LogP contribution in [0.4, 0.5) is 18.9 Å². The number of thioether (sulfide) groups is 1. The Bertz CT molecular complexity index is 383. The maximum absolute atomic E-state index is 12.2. The SMILES string of the molecule is FC(F)(F)Sc1ccc(NCC2CCCCC2)cc1. The van der Waals surface area contributed by atoms with Gasteiger partial charge in [-0.3, -0.25) is 0 Å². The Balaban J connectivity index is 1.81. The van der Waals surface area contributed by atoms with Crippen LogP contribution in [0.25, 0.3) is 0 Å². The van der Waals surface area contributed by atoms with Gasteiger partial charge < -0.3 is 5.32 Å². The van der Waals surface area contributed by atoms with E-state index in [0.29, 0.717) is 5.92 Å². The summed E-state index contributed by atoms with van der Waals surface area (Å²) in [5, 5.41) is 3.31. The summed E-state index contributed by atoms with van der Waals surface area (Å²) in [6.45, 7) is 0.922. The van der Waals surface area contributed by atoms with E-state index < -0.39 is 5.51 Å². The standard InChI is InChI=1S/C14H18F3NS/c15-14(16,17)19-13-8-6-12(7-9-13)18-10-11-4-2-1-3-5-11/h6-9,11,18H,1-5,10H2. The molecule has 0 atom stereocenters. The number of hydrogen-bond donors (Lipinski definition) is 1. The molecular formula is C14H18F3NS. The molecule has 0 unspecified atom stereocenters. The van der Waals surface area contributed by atoms with Crippen LogP contribution in [0.1, 0.15) is 32.1 Å². The van der Waals surface area contributed by atoms with Crippen LogP contribution in [-0.2, 0) is 0 Å². The summed E-state index contributed by atoms with van der Waals surface area (Å²) in [7, 11) is 0. The molecule has 1 fully saturated rings. The molecule has 106 valence electrons. The van der Waals surface area contributed by atoms with E-state index in [-0.39, 0.29) is 16.7 Å². The van der Waals surface area contributed by atoms with Crippen molar-refractivity contribution in [1.29, 1.82) is 0 Å². The van der Waals surface area contributed by atoms with Crippen molar-refractivity contribution in [2.75, 3.05) is 11.9 Å². The molecular weight excluding hydrogens is 271 g/mol. The predicted octanol–water partition coefficient (Wildman–Crippen LogP) is 5.29. The molecule has 1 aliphatic carbocycles. The van der Waals surface area contributed by atoms with Crippen LogP contribution >= 0.6 is 11.8 Å². The van der Waals surface area contributed by atoms with E-state index in [1.165, 1.54) is 44.2 Å². The van der Waals surface area contributed by atoms with Crippen LogP contribution in [0.15, 0.2) is 29.2 Å². The molecule has 0 spiro atoms. The van der Waals surface area contributed by atoms with E-state index in [9.17, 15) is 13.2 Å². The normalized spacial score (nSPS) is 17.4. The lowest BCUT2D eigenvalue weighted by Gasteiger charge is -2.22. The molecule has 1 nitrogen and oxygen atoms in total. The average Bonchev–Trinajstić information content (AvgIpc) is 2.37. The first-order chi connectivity index (χ1) is 9.03. The number of alkyl halides is 3. The molecule has 1 aromatic carbocycles. The molecule has 19 heavy (non-hydrogen) atoms. The summed E-state index contributed by atoms with van der Waals surface area (Å²) >= 11 is -0.0722. The molecule has 0 bridgehead atoms. The molecule has 0 amide bonds. The second-order valence-electron chi connectivity index (χ2n) is 4.96. The maximum Gasteiger partial charge on any atom is 0.446 e. The van der Waals surface area contributed by atoms with Gasteiger partial charge in [0.25, 0.3) is 0 Å². The quantitative estimate of drug-likeness (QED) is 0.756. The van der Waals surface area contributed by atoms with Crippen LogP contribution in [0.3, 0.4) is 0 Å². The molecule has 0 aliphatic heterocycles. The van der Waals surface area contributed by atoms with E-state index >= 15 is 0 Å². The van der Waals surface area contributed by atoms with E-state index in [1.54, 1.807) is 12.1 Å². The van der Waals surface area contributed by atoms with Crippen LogP contribution in [0, 0.1) is 5.92 Å². The lowest BCUT2D eigenvalue weighted by molar-refractivity contribution is -0.0328. The molecule has 1 aliphatic rings. The highest BCUT2D eigenvalue weighted by Gasteiger charge is 2.28. The van der Waals surface area contributed by atoms with Gasteiger partial charge in [-0.15, -0.1) is 0 Å². The van der Waals surface area contributed by atoms with Crippen LogP contribution < -0.4 is 5.32 Å². The van der Waals surface area contributed by atoms with Gasteiger partial charge >= 0.3 is 5.51 Å². The zero-order valence-electron chi connectivity index (χ0n) is 10.7. The lowest BCUT2D eigenvalue weighted by Crippen LogP contribution is -2.16. The summed E-state index contributed by atoms with van der Waals surface area (Å²) in [5.41, 5.74) is -3.31. The van der Waals surface area contributed by atoms with Crippen molar-refractivity contribution in [1.82, 2.24) is 0 Å². The number of hydrogen-bond acceptors (Lipinski definition) is 2. The summed E-state index contributed by atoms with van der Waals surface area (Å²) in [5.74, 6) is 0.706. The van der Waals surface area contributed by atoms with Gasteiger partial charge in [0.15, 0.2) is 0 Å². The Morgan fingerprint density at radius 3 is 2.26 bits per heavy atom. The minimum Gasteiger partial charge on any atom is -0.385 e. The highest BCUT2D eigenvalue weighted by atomic mass is 32.2. The topological polar surface area (TPSA) is 12.0 Å². The Kier molecular flexibility index (Phi) is 5.02. The average molecular weight is 289 g/mol. The molecule has 0 radical (unpaired) electrons. The van der Waals surface area contributed by atoms with Crippen LogP contribution in [0.5, 0.6) is 0 Å². The molecule has 0 heterocycles. The Labute approximate surface area is 116 Å². The number of benzene rings is 1.